The Morgan fingerprint density at radius 2 is 2.04 bits per heavy atom. The fourth-order valence-electron chi connectivity index (χ4n) is 2.10. The Morgan fingerprint density at radius 1 is 1.21 bits per heavy atom. The molecule has 2 aromatic heterocycles. The Bertz CT molecular complexity index is 982. The lowest BCUT2D eigenvalue weighted by atomic mass is 10.1. The van der Waals surface area contributed by atoms with Crippen LogP contribution in [0, 0.1) is 0 Å². The molecule has 0 atom stereocenters. The third-order valence-corrected chi connectivity index (χ3v) is 3.59. The molecule has 0 amide bonds. The molecule has 0 fully saturated rings. The smallest absolute Gasteiger partial charge is 0.336 e. The topological polar surface area (TPSA) is 89.9 Å². The molecule has 0 spiro atoms. The Kier molecular flexibility index (Phi) is 4.52. The van der Waals surface area contributed by atoms with Crippen LogP contribution in [-0.4, -0.2) is 11.1 Å². The molecule has 0 radical (unpaired) electrons. The summed E-state index contributed by atoms with van der Waals surface area (Å²) in [6, 6.07) is 9.03. The Balaban J connectivity index is 1.74. The van der Waals surface area contributed by atoms with Gasteiger partial charge in [-0.15, -0.1) is 0 Å². The van der Waals surface area contributed by atoms with Crippen LogP contribution >= 0.6 is 15.9 Å². The van der Waals surface area contributed by atoms with Gasteiger partial charge in [0.25, 0.3) is 0 Å². The molecule has 0 saturated heterocycles. The zero-order valence-corrected chi connectivity index (χ0v) is 13.8. The minimum absolute atomic E-state index is 0.0210. The summed E-state index contributed by atoms with van der Waals surface area (Å²) >= 11 is 3.16. The summed E-state index contributed by atoms with van der Waals surface area (Å²) < 4.78 is 15.9. The van der Waals surface area contributed by atoms with Crippen LogP contribution in [0.4, 0.5) is 0 Å². The second-order valence-corrected chi connectivity index (χ2v) is 5.64. The largest absolute Gasteiger partial charge is 0.508 e. The van der Waals surface area contributed by atoms with E-state index in [-0.39, 0.29) is 17.9 Å². The molecule has 6 nitrogen and oxygen atoms in total. The SMILES string of the molecule is O=C(/C=C/c1ccc(Br)o1)OCc1cc(=O)oc2cc(O)ccc12. The van der Waals surface area contributed by atoms with Crippen molar-refractivity contribution in [3.63, 3.8) is 0 Å². The van der Waals surface area contributed by atoms with Crippen molar-refractivity contribution in [2.45, 2.75) is 6.61 Å². The Hall–Kier alpha value is -2.80. The summed E-state index contributed by atoms with van der Waals surface area (Å²) in [5.41, 5.74) is 0.128. The van der Waals surface area contributed by atoms with Gasteiger partial charge in [0.15, 0.2) is 4.67 Å². The molecule has 0 aliphatic rings. The Labute approximate surface area is 144 Å². The molecule has 3 rings (SSSR count). The van der Waals surface area contributed by atoms with Crippen molar-refractivity contribution in [2.75, 3.05) is 0 Å². The number of aromatic hydroxyl groups is 1. The average molecular weight is 391 g/mol. The van der Waals surface area contributed by atoms with Crippen molar-refractivity contribution in [2.24, 2.45) is 0 Å². The molecular formula is C17H11BrO6. The second kappa shape index (κ2) is 6.76. The van der Waals surface area contributed by atoms with Crippen molar-refractivity contribution < 1.29 is 23.5 Å². The van der Waals surface area contributed by atoms with Gasteiger partial charge in [0.1, 0.15) is 23.7 Å². The highest BCUT2D eigenvalue weighted by molar-refractivity contribution is 9.10. The molecule has 1 N–H and O–H groups in total. The van der Waals surface area contributed by atoms with E-state index < -0.39 is 11.6 Å². The molecule has 1 aromatic carbocycles. The van der Waals surface area contributed by atoms with Gasteiger partial charge in [0.05, 0.1) is 0 Å². The van der Waals surface area contributed by atoms with E-state index >= 15 is 0 Å². The number of benzene rings is 1. The predicted molar refractivity (Wildman–Crippen MR) is 89.4 cm³/mol. The molecule has 122 valence electrons. The van der Waals surface area contributed by atoms with E-state index in [0.29, 0.717) is 21.4 Å². The highest BCUT2D eigenvalue weighted by Crippen LogP contribution is 2.22. The molecule has 0 aliphatic carbocycles. The minimum Gasteiger partial charge on any atom is -0.508 e. The average Bonchev–Trinajstić information content (AvgIpc) is 2.95. The highest BCUT2D eigenvalue weighted by Gasteiger charge is 2.08. The van der Waals surface area contributed by atoms with Gasteiger partial charge in [0.2, 0.25) is 0 Å². The van der Waals surface area contributed by atoms with E-state index in [1.165, 1.54) is 30.4 Å². The van der Waals surface area contributed by atoms with Gasteiger partial charge in [-0.05, 0) is 46.3 Å². The maximum absolute atomic E-state index is 11.8. The van der Waals surface area contributed by atoms with E-state index in [4.69, 9.17) is 13.6 Å². The number of esters is 1. The highest BCUT2D eigenvalue weighted by atomic mass is 79.9. The van der Waals surface area contributed by atoms with Gasteiger partial charge in [-0.3, -0.25) is 0 Å². The predicted octanol–water partition coefficient (Wildman–Crippen LogP) is 3.61. The number of carbonyl (C=O) groups is 1. The maximum Gasteiger partial charge on any atom is 0.336 e. The molecule has 0 saturated carbocycles. The number of phenolic OH excluding ortho intramolecular Hbond substituents is 1. The molecular weight excluding hydrogens is 380 g/mol. The number of halogens is 1. The number of rotatable bonds is 4. The minimum atomic E-state index is -0.588. The summed E-state index contributed by atoms with van der Waals surface area (Å²) in [6.07, 6.45) is 2.70. The van der Waals surface area contributed by atoms with Crippen molar-refractivity contribution in [1.29, 1.82) is 0 Å². The zero-order valence-electron chi connectivity index (χ0n) is 12.2. The first kappa shape index (κ1) is 16.1. The lowest BCUT2D eigenvalue weighted by Crippen LogP contribution is -2.05. The summed E-state index contributed by atoms with van der Waals surface area (Å²) in [7, 11) is 0. The van der Waals surface area contributed by atoms with Crippen LogP contribution in [0.15, 0.2) is 60.8 Å². The van der Waals surface area contributed by atoms with E-state index in [1.54, 1.807) is 18.2 Å². The van der Waals surface area contributed by atoms with E-state index in [1.807, 2.05) is 0 Å². The van der Waals surface area contributed by atoms with Gasteiger partial charge in [-0.2, -0.15) is 0 Å². The van der Waals surface area contributed by atoms with Crippen molar-refractivity contribution in [1.82, 2.24) is 0 Å². The van der Waals surface area contributed by atoms with Crippen LogP contribution in [0.5, 0.6) is 5.75 Å². The van der Waals surface area contributed by atoms with Crippen LogP contribution in [0.25, 0.3) is 17.0 Å². The molecule has 24 heavy (non-hydrogen) atoms. The number of ether oxygens (including phenoxy) is 1. The molecule has 0 unspecified atom stereocenters. The van der Waals surface area contributed by atoms with Crippen molar-refractivity contribution in [3.8, 4) is 5.75 Å². The fraction of sp³-hybridized carbons (Fsp3) is 0.0588. The van der Waals surface area contributed by atoms with Crippen molar-refractivity contribution in [3.05, 3.63) is 68.9 Å². The summed E-state index contributed by atoms with van der Waals surface area (Å²) in [6.45, 7) is -0.0993. The quantitative estimate of drug-likeness (QED) is 0.415. The van der Waals surface area contributed by atoms with E-state index in [2.05, 4.69) is 15.9 Å². The van der Waals surface area contributed by atoms with Gasteiger partial charge in [-0.1, -0.05) is 0 Å². The number of carbonyl (C=O) groups excluding carboxylic acids is 1. The van der Waals surface area contributed by atoms with Gasteiger partial charge in [-0.25, -0.2) is 9.59 Å². The summed E-state index contributed by atoms with van der Waals surface area (Å²) in [5, 5.41) is 10.0. The molecule has 0 aliphatic heterocycles. The number of fused-ring (bicyclic) bond motifs is 1. The van der Waals surface area contributed by atoms with Crippen LogP contribution in [0.2, 0.25) is 0 Å². The molecule has 3 aromatic rings. The van der Waals surface area contributed by atoms with Crippen LogP contribution in [-0.2, 0) is 16.1 Å². The normalized spacial score (nSPS) is 11.2. The first-order chi connectivity index (χ1) is 11.5. The Morgan fingerprint density at radius 3 is 2.79 bits per heavy atom. The van der Waals surface area contributed by atoms with Crippen LogP contribution in [0.1, 0.15) is 11.3 Å². The summed E-state index contributed by atoms with van der Waals surface area (Å²) in [5.74, 6) is -0.102. The van der Waals surface area contributed by atoms with Crippen molar-refractivity contribution >= 4 is 38.9 Å². The molecule has 7 heteroatoms. The van der Waals surface area contributed by atoms with Crippen LogP contribution < -0.4 is 5.63 Å². The van der Waals surface area contributed by atoms with Gasteiger partial charge in [0, 0.05) is 29.2 Å². The first-order valence-electron chi connectivity index (χ1n) is 6.87. The van der Waals surface area contributed by atoms with Gasteiger partial charge >= 0.3 is 11.6 Å². The third kappa shape index (κ3) is 3.75. The monoisotopic (exact) mass is 390 g/mol. The van der Waals surface area contributed by atoms with E-state index in [9.17, 15) is 14.7 Å². The van der Waals surface area contributed by atoms with Crippen LogP contribution in [0.3, 0.4) is 0 Å². The zero-order chi connectivity index (χ0) is 17.1. The lowest BCUT2D eigenvalue weighted by Gasteiger charge is -2.06. The van der Waals surface area contributed by atoms with E-state index in [0.717, 1.165) is 0 Å². The number of hydrogen-bond donors (Lipinski definition) is 1. The molecule has 2 heterocycles. The third-order valence-electron chi connectivity index (χ3n) is 3.16. The number of phenols is 1. The standard InChI is InChI=1S/C17H11BrO6/c18-15-5-2-12(23-15)3-6-16(20)22-9-10-7-17(21)24-14-8-11(19)1-4-13(10)14/h1-8,19H,9H2/b6-3+. The van der Waals surface area contributed by atoms with Gasteiger partial charge < -0.3 is 18.7 Å². The number of furan rings is 1. The second-order valence-electron chi connectivity index (χ2n) is 4.85. The molecule has 0 bridgehead atoms. The first-order valence-corrected chi connectivity index (χ1v) is 7.66. The summed E-state index contributed by atoms with van der Waals surface area (Å²) in [4.78, 5) is 23.3. The fourth-order valence-corrected chi connectivity index (χ4v) is 2.42. The maximum atomic E-state index is 11.8. The lowest BCUT2D eigenvalue weighted by molar-refractivity contribution is -0.138. The number of hydrogen-bond acceptors (Lipinski definition) is 6.